The Hall–Kier alpha value is -2.69. The lowest BCUT2D eigenvalue weighted by atomic mass is 9.52. The number of phenolic OH excluding ortho intramolecular Hbond substituents is 1. The van der Waals surface area contributed by atoms with Gasteiger partial charge in [-0.15, -0.1) is 0 Å². The van der Waals surface area contributed by atoms with Gasteiger partial charge in [0.05, 0.1) is 6.61 Å². The zero-order valence-electron chi connectivity index (χ0n) is 19.6. The number of hydrogen-bond acceptors (Lipinski definition) is 4. The van der Waals surface area contributed by atoms with E-state index >= 15 is 0 Å². The van der Waals surface area contributed by atoms with Crippen LogP contribution in [0.4, 0.5) is 4.79 Å². The number of ether oxygens (including phenoxy) is 2. The maximum atomic E-state index is 13.2. The second-order valence-corrected chi connectivity index (χ2v) is 9.94. The topological polar surface area (TPSA) is 59.0 Å². The van der Waals surface area contributed by atoms with Crippen LogP contribution < -0.4 is 4.74 Å². The van der Waals surface area contributed by atoms with Crippen molar-refractivity contribution in [2.24, 2.45) is 5.92 Å². The Kier molecular flexibility index (Phi) is 6.22. The fraction of sp³-hybridized carbons (Fsp3) is 0.536. The van der Waals surface area contributed by atoms with Crippen molar-refractivity contribution in [3.8, 4) is 11.5 Å². The van der Waals surface area contributed by atoms with Gasteiger partial charge in [0.25, 0.3) is 0 Å². The normalized spacial score (nSPS) is 25.7. The van der Waals surface area contributed by atoms with Crippen molar-refractivity contribution in [2.75, 3.05) is 13.2 Å². The SMILES string of the molecule is CCCCOc1cc2c(cc1O)C[C@H]1C3CCCC[C@@]23CCN1C(=O)OCc1ccccc1. The summed E-state index contributed by atoms with van der Waals surface area (Å²) in [5.74, 6) is 1.26. The Labute approximate surface area is 196 Å². The van der Waals surface area contributed by atoms with E-state index in [9.17, 15) is 9.90 Å². The van der Waals surface area contributed by atoms with Crippen LogP contribution in [-0.2, 0) is 23.2 Å². The Morgan fingerprint density at radius 3 is 2.85 bits per heavy atom. The summed E-state index contributed by atoms with van der Waals surface area (Å²) in [5, 5.41) is 10.7. The van der Waals surface area contributed by atoms with Gasteiger partial charge in [-0.3, -0.25) is 0 Å². The number of nitrogens with zero attached hydrogens (tertiary/aromatic N) is 1. The van der Waals surface area contributed by atoms with E-state index in [4.69, 9.17) is 9.47 Å². The van der Waals surface area contributed by atoms with Crippen molar-refractivity contribution in [3.05, 3.63) is 59.2 Å². The molecule has 2 fully saturated rings. The molecule has 1 amide bonds. The van der Waals surface area contributed by atoms with E-state index in [1.165, 1.54) is 24.0 Å². The minimum Gasteiger partial charge on any atom is -0.504 e. The highest BCUT2D eigenvalue weighted by Gasteiger charge is 2.55. The molecule has 5 rings (SSSR count). The van der Waals surface area contributed by atoms with Gasteiger partial charge in [0.15, 0.2) is 11.5 Å². The van der Waals surface area contributed by atoms with Gasteiger partial charge in [0, 0.05) is 18.0 Å². The summed E-state index contributed by atoms with van der Waals surface area (Å²) in [6, 6.07) is 14.0. The summed E-state index contributed by atoms with van der Waals surface area (Å²) >= 11 is 0. The fourth-order valence-electron chi connectivity index (χ4n) is 6.50. The third kappa shape index (κ3) is 4.07. The molecule has 0 radical (unpaired) electrons. The van der Waals surface area contributed by atoms with Crippen LogP contribution in [0.15, 0.2) is 42.5 Å². The first-order valence-corrected chi connectivity index (χ1v) is 12.6. The monoisotopic (exact) mass is 449 g/mol. The number of amides is 1. The highest BCUT2D eigenvalue weighted by Crippen LogP contribution is 2.57. The Balaban J connectivity index is 1.41. The van der Waals surface area contributed by atoms with Gasteiger partial charge in [-0.05, 0) is 66.8 Å². The lowest BCUT2D eigenvalue weighted by Crippen LogP contribution is -2.62. The number of rotatable bonds is 6. The third-order valence-corrected chi connectivity index (χ3v) is 8.11. The number of carbonyl (C=O) groups excluding carboxylic acids is 1. The molecule has 1 unspecified atom stereocenters. The number of carbonyl (C=O) groups is 1. The lowest BCUT2D eigenvalue weighted by Gasteiger charge is -2.58. The number of unbranched alkanes of at least 4 members (excludes halogenated alkanes) is 1. The molecule has 1 heterocycles. The van der Waals surface area contributed by atoms with E-state index in [0.717, 1.165) is 50.6 Å². The van der Waals surface area contributed by atoms with E-state index in [1.54, 1.807) is 0 Å². The largest absolute Gasteiger partial charge is 0.504 e. The van der Waals surface area contributed by atoms with Gasteiger partial charge in [-0.2, -0.15) is 0 Å². The van der Waals surface area contributed by atoms with E-state index in [1.807, 2.05) is 41.3 Å². The molecule has 33 heavy (non-hydrogen) atoms. The van der Waals surface area contributed by atoms with Crippen molar-refractivity contribution in [1.82, 2.24) is 4.90 Å². The Morgan fingerprint density at radius 1 is 1.18 bits per heavy atom. The smallest absolute Gasteiger partial charge is 0.410 e. The standard InChI is InChI=1S/C28H35NO4/c1-2-3-15-32-26-18-23-21(17-25(26)30)16-24-22-11-7-8-12-28(22,23)13-14-29(24)27(31)33-19-20-9-5-4-6-10-20/h4-6,9-10,17-18,22,24,30H,2-3,7-8,11-16,19H2,1H3/t22?,24-,28-/m0/s1. The van der Waals surface area contributed by atoms with Crippen molar-refractivity contribution < 1.29 is 19.4 Å². The summed E-state index contributed by atoms with van der Waals surface area (Å²) in [5.41, 5.74) is 3.59. The molecule has 1 saturated heterocycles. The van der Waals surface area contributed by atoms with Crippen molar-refractivity contribution >= 4 is 6.09 Å². The number of piperidine rings is 1. The molecular formula is C28H35NO4. The number of hydrogen-bond donors (Lipinski definition) is 1. The molecule has 3 atom stereocenters. The number of likely N-dealkylation sites (tertiary alicyclic amines) is 1. The molecule has 2 aromatic carbocycles. The minimum absolute atomic E-state index is 0.0727. The maximum Gasteiger partial charge on any atom is 0.410 e. The van der Waals surface area contributed by atoms with E-state index in [0.29, 0.717) is 24.9 Å². The Morgan fingerprint density at radius 2 is 2.03 bits per heavy atom. The predicted molar refractivity (Wildman–Crippen MR) is 128 cm³/mol. The molecule has 5 nitrogen and oxygen atoms in total. The summed E-state index contributed by atoms with van der Waals surface area (Å²) in [6.45, 7) is 3.79. The fourth-order valence-corrected chi connectivity index (χ4v) is 6.50. The highest BCUT2D eigenvalue weighted by atomic mass is 16.6. The van der Waals surface area contributed by atoms with Gasteiger partial charge >= 0.3 is 6.09 Å². The molecule has 1 saturated carbocycles. The van der Waals surface area contributed by atoms with Crippen LogP contribution in [0.3, 0.4) is 0 Å². The van der Waals surface area contributed by atoms with E-state index in [2.05, 4.69) is 13.0 Å². The first kappa shape index (κ1) is 22.1. The first-order chi connectivity index (χ1) is 16.1. The Bertz CT molecular complexity index is 991. The van der Waals surface area contributed by atoms with E-state index in [-0.39, 0.29) is 23.3 Å². The third-order valence-electron chi connectivity index (χ3n) is 8.11. The summed E-state index contributed by atoms with van der Waals surface area (Å²) in [4.78, 5) is 15.1. The summed E-state index contributed by atoms with van der Waals surface area (Å²) in [6.07, 6.45) is 8.26. The highest BCUT2D eigenvalue weighted by molar-refractivity contribution is 5.69. The molecule has 1 N–H and O–H groups in total. The molecule has 0 spiro atoms. The number of fused-ring (bicyclic) bond motifs is 1. The quantitative estimate of drug-likeness (QED) is 0.552. The summed E-state index contributed by atoms with van der Waals surface area (Å²) in [7, 11) is 0. The second-order valence-electron chi connectivity index (χ2n) is 9.94. The van der Waals surface area contributed by atoms with Gasteiger partial charge in [0.2, 0.25) is 0 Å². The van der Waals surface area contributed by atoms with Crippen LogP contribution in [0, 0.1) is 5.92 Å². The molecule has 0 aromatic heterocycles. The molecular weight excluding hydrogens is 414 g/mol. The van der Waals surface area contributed by atoms with Crippen molar-refractivity contribution in [1.29, 1.82) is 0 Å². The lowest BCUT2D eigenvalue weighted by molar-refractivity contribution is -0.0138. The van der Waals surface area contributed by atoms with Crippen LogP contribution in [0.5, 0.6) is 11.5 Å². The van der Waals surface area contributed by atoms with Crippen LogP contribution in [-0.4, -0.2) is 35.3 Å². The van der Waals surface area contributed by atoms with Gasteiger partial charge in [-0.25, -0.2) is 4.79 Å². The molecule has 2 aromatic rings. The molecule has 176 valence electrons. The van der Waals surface area contributed by atoms with Crippen molar-refractivity contribution in [3.63, 3.8) is 0 Å². The van der Waals surface area contributed by atoms with E-state index < -0.39 is 0 Å². The number of benzene rings is 2. The zero-order chi connectivity index (χ0) is 22.8. The van der Waals surface area contributed by atoms with Crippen LogP contribution >= 0.6 is 0 Å². The predicted octanol–water partition coefficient (Wildman–Crippen LogP) is 5.97. The zero-order valence-corrected chi connectivity index (χ0v) is 19.6. The average Bonchev–Trinajstić information content (AvgIpc) is 2.84. The second kappa shape index (κ2) is 9.28. The number of phenols is 1. The molecule has 5 heteroatoms. The van der Waals surface area contributed by atoms with Gasteiger partial charge in [-0.1, -0.05) is 56.5 Å². The average molecular weight is 450 g/mol. The van der Waals surface area contributed by atoms with Gasteiger partial charge in [0.1, 0.15) is 6.61 Å². The summed E-state index contributed by atoms with van der Waals surface area (Å²) < 4.78 is 11.7. The van der Waals surface area contributed by atoms with Crippen LogP contribution in [0.1, 0.15) is 68.6 Å². The number of aromatic hydroxyl groups is 1. The van der Waals surface area contributed by atoms with Crippen molar-refractivity contribution in [2.45, 2.75) is 76.4 Å². The molecule has 2 bridgehead atoms. The van der Waals surface area contributed by atoms with Crippen LogP contribution in [0.25, 0.3) is 0 Å². The first-order valence-electron chi connectivity index (χ1n) is 12.6. The minimum atomic E-state index is -0.213. The van der Waals surface area contributed by atoms with Gasteiger partial charge < -0.3 is 19.5 Å². The molecule has 2 aliphatic carbocycles. The molecule has 1 aliphatic heterocycles. The molecule has 3 aliphatic rings. The van der Waals surface area contributed by atoms with Crippen LogP contribution in [0.2, 0.25) is 0 Å². The maximum absolute atomic E-state index is 13.2.